The van der Waals surface area contributed by atoms with E-state index in [2.05, 4.69) is 10.6 Å². The van der Waals surface area contributed by atoms with Crippen LogP contribution in [0.15, 0.2) is 24.3 Å². The number of benzene rings is 1. The fraction of sp³-hybridized carbons (Fsp3) is 0.556. The van der Waals surface area contributed by atoms with Crippen molar-refractivity contribution in [3.63, 3.8) is 0 Å². The maximum atomic E-state index is 12.8. The highest BCUT2D eigenvalue weighted by Gasteiger charge is 2.29. The highest BCUT2D eigenvalue weighted by molar-refractivity contribution is 5.97. The number of amides is 2. The molecule has 0 bridgehead atoms. The first kappa shape index (κ1) is 20.5. The minimum atomic E-state index is -0.485. The third kappa shape index (κ3) is 5.49. The second-order valence-electron chi connectivity index (χ2n) is 6.49. The van der Waals surface area contributed by atoms with E-state index in [0.29, 0.717) is 12.1 Å². The molecule has 1 atom stereocenters. The van der Waals surface area contributed by atoms with Crippen LogP contribution in [0, 0.1) is 12.8 Å². The van der Waals surface area contributed by atoms with Crippen LogP contribution in [0.1, 0.15) is 36.2 Å². The van der Waals surface area contributed by atoms with Gasteiger partial charge in [0.1, 0.15) is 6.04 Å². The minimum absolute atomic E-state index is 0. The summed E-state index contributed by atoms with van der Waals surface area (Å²) in [4.78, 5) is 27.1. The molecule has 1 heterocycles. The summed E-state index contributed by atoms with van der Waals surface area (Å²) in [5, 5.41) is 6.22. The molecule has 2 rings (SSSR count). The Balaban J connectivity index is 0.00000288. The lowest BCUT2D eigenvalue weighted by Gasteiger charge is -2.28. The molecule has 1 fully saturated rings. The zero-order chi connectivity index (χ0) is 16.8. The van der Waals surface area contributed by atoms with Crippen LogP contribution in [-0.4, -0.2) is 48.9 Å². The monoisotopic (exact) mass is 353 g/mol. The van der Waals surface area contributed by atoms with Gasteiger partial charge >= 0.3 is 0 Å². The smallest absolute Gasteiger partial charge is 0.251 e. The van der Waals surface area contributed by atoms with Crippen LogP contribution in [-0.2, 0) is 4.79 Å². The standard InChI is InChI=1S/C18H27N3O2.ClH/c1-13(2)16(18(23)21-10-5-8-19-9-11-21)20-17(22)15-7-4-6-14(3)12-15;/h4,6-7,12-13,16,19H,5,8-11H2,1-3H3,(H,20,22);1H. The number of nitrogens with zero attached hydrogens (tertiary/aromatic N) is 1. The molecule has 2 amide bonds. The van der Waals surface area contributed by atoms with Gasteiger partial charge in [-0.15, -0.1) is 12.4 Å². The number of nitrogens with one attached hydrogen (secondary N) is 2. The second kappa shape index (κ2) is 9.64. The van der Waals surface area contributed by atoms with Gasteiger partial charge in [-0.1, -0.05) is 31.5 Å². The molecule has 24 heavy (non-hydrogen) atoms. The van der Waals surface area contributed by atoms with Crippen molar-refractivity contribution in [3.8, 4) is 0 Å². The number of aryl methyl sites for hydroxylation is 1. The third-order valence-electron chi connectivity index (χ3n) is 4.15. The Bertz CT molecular complexity index is 555. The molecule has 1 saturated heterocycles. The van der Waals surface area contributed by atoms with Crippen LogP contribution in [0.2, 0.25) is 0 Å². The summed E-state index contributed by atoms with van der Waals surface area (Å²) >= 11 is 0. The highest BCUT2D eigenvalue weighted by Crippen LogP contribution is 2.10. The second-order valence-corrected chi connectivity index (χ2v) is 6.49. The lowest BCUT2D eigenvalue weighted by atomic mass is 10.0. The summed E-state index contributed by atoms with van der Waals surface area (Å²) in [5.74, 6) is -0.120. The molecule has 0 saturated carbocycles. The Kier molecular flexibility index (Phi) is 8.22. The molecule has 134 valence electrons. The summed E-state index contributed by atoms with van der Waals surface area (Å²) in [6.07, 6.45) is 0.947. The average Bonchev–Trinajstić information content (AvgIpc) is 2.80. The number of rotatable bonds is 4. The van der Waals surface area contributed by atoms with Crippen molar-refractivity contribution in [2.24, 2.45) is 5.92 Å². The first-order valence-electron chi connectivity index (χ1n) is 8.36. The van der Waals surface area contributed by atoms with Crippen LogP contribution in [0.5, 0.6) is 0 Å². The number of carbonyl (C=O) groups excluding carboxylic acids is 2. The molecule has 1 aromatic carbocycles. The molecule has 1 aliphatic heterocycles. The van der Waals surface area contributed by atoms with E-state index in [9.17, 15) is 9.59 Å². The van der Waals surface area contributed by atoms with Crippen LogP contribution in [0.4, 0.5) is 0 Å². The van der Waals surface area contributed by atoms with Crippen molar-refractivity contribution in [2.75, 3.05) is 26.2 Å². The van der Waals surface area contributed by atoms with Crippen molar-refractivity contribution in [2.45, 2.75) is 33.2 Å². The van der Waals surface area contributed by atoms with Crippen molar-refractivity contribution < 1.29 is 9.59 Å². The lowest BCUT2D eigenvalue weighted by molar-refractivity contribution is -0.134. The first-order chi connectivity index (χ1) is 11.0. The third-order valence-corrected chi connectivity index (χ3v) is 4.15. The molecule has 1 unspecified atom stereocenters. The van der Waals surface area contributed by atoms with E-state index in [1.165, 1.54) is 0 Å². The van der Waals surface area contributed by atoms with Gasteiger partial charge in [-0.2, -0.15) is 0 Å². The summed E-state index contributed by atoms with van der Waals surface area (Å²) in [6, 6.07) is 6.94. The van der Waals surface area contributed by atoms with Crippen LogP contribution in [0.3, 0.4) is 0 Å². The number of halogens is 1. The zero-order valence-electron chi connectivity index (χ0n) is 14.7. The summed E-state index contributed by atoms with van der Waals surface area (Å²) in [6.45, 7) is 9.07. The Morgan fingerprint density at radius 1 is 1.21 bits per heavy atom. The zero-order valence-corrected chi connectivity index (χ0v) is 15.5. The molecular formula is C18H28ClN3O2. The summed E-state index contributed by atoms with van der Waals surface area (Å²) in [7, 11) is 0. The predicted octanol–water partition coefficient (Wildman–Crippen LogP) is 1.99. The minimum Gasteiger partial charge on any atom is -0.340 e. The summed E-state index contributed by atoms with van der Waals surface area (Å²) < 4.78 is 0. The van der Waals surface area contributed by atoms with Gasteiger partial charge in [0, 0.05) is 25.2 Å². The maximum Gasteiger partial charge on any atom is 0.251 e. The SMILES string of the molecule is Cc1cccc(C(=O)NC(C(=O)N2CCCNCC2)C(C)C)c1.Cl. The van der Waals surface area contributed by atoms with Crippen LogP contribution in [0.25, 0.3) is 0 Å². The Morgan fingerprint density at radius 2 is 1.96 bits per heavy atom. The normalized spacial score (nSPS) is 16.1. The number of hydrogen-bond acceptors (Lipinski definition) is 3. The fourth-order valence-corrected chi connectivity index (χ4v) is 2.79. The van der Waals surface area contributed by atoms with Gasteiger partial charge in [0.2, 0.25) is 5.91 Å². The van der Waals surface area contributed by atoms with Crippen molar-refractivity contribution in [1.29, 1.82) is 0 Å². The van der Waals surface area contributed by atoms with Gasteiger partial charge in [0.15, 0.2) is 0 Å². The van der Waals surface area contributed by atoms with Crippen molar-refractivity contribution in [1.82, 2.24) is 15.5 Å². The highest BCUT2D eigenvalue weighted by atomic mass is 35.5. The van der Waals surface area contributed by atoms with E-state index in [0.717, 1.165) is 31.6 Å². The van der Waals surface area contributed by atoms with Crippen LogP contribution < -0.4 is 10.6 Å². The molecule has 0 aliphatic carbocycles. The molecule has 0 aromatic heterocycles. The lowest BCUT2D eigenvalue weighted by Crippen LogP contribution is -2.52. The average molecular weight is 354 g/mol. The van der Waals surface area contributed by atoms with Gasteiger partial charge < -0.3 is 15.5 Å². The van der Waals surface area contributed by atoms with Crippen LogP contribution >= 0.6 is 12.4 Å². The fourth-order valence-electron chi connectivity index (χ4n) is 2.79. The van der Waals surface area contributed by atoms with E-state index >= 15 is 0 Å². The molecule has 0 spiro atoms. The molecule has 1 aliphatic rings. The molecule has 0 radical (unpaired) electrons. The molecule has 6 heteroatoms. The summed E-state index contributed by atoms with van der Waals surface area (Å²) in [5.41, 5.74) is 1.63. The van der Waals surface area contributed by atoms with Gasteiger partial charge in [0.05, 0.1) is 0 Å². The van der Waals surface area contributed by atoms with E-state index in [-0.39, 0.29) is 30.1 Å². The van der Waals surface area contributed by atoms with Crippen molar-refractivity contribution >= 4 is 24.2 Å². The number of carbonyl (C=O) groups is 2. The van der Waals surface area contributed by atoms with Gasteiger partial charge in [-0.05, 0) is 37.9 Å². The van der Waals surface area contributed by atoms with Gasteiger partial charge in [-0.3, -0.25) is 9.59 Å². The molecular weight excluding hydrogens is 326 g/mol. The predicted molar refractivity (Wildman–Crippen MR) is 98.6 cm³/mol. The maximum absolute atomic E-state index is 12.8. The van der Waals surface area contributed by atoms with Gasteiger partial charge in [0.25, 0.3) is 5.91 Å². The van der Waals surface area contributed by atoms with Gasteiger partial charge in [-0.25, -0.2) is 0 Å². The molecule has 1 aromatic rings. The largest absolute Gasteiger partial charge is 0.340 e. The quantitative estimate of drug-likeness (QED) is 0.870. The van der Waals surface area contributed by atoms with E-state index < -0.39 is 6.04 Å². The Morgan fingerprint density at radius 3 is 2.62 bits per heavy atom. The van der Waals surface area contributed by atoms with E-state index in [1.807, 2.05) is 43.9 Å². The Labute approximate surface area is 150 Å². The molecule has 5 nitrogen and oxygen atoms in total. The Hall–Kier alpha value is -1.59. The number of hydrogen-bond donors (Lipinski definition) is 2. The first-order valence-corrected chi connectivity index (χ1v) is 8.36. The molecule has 2 N–H and O–H groups in total. The topological polar surface area (TPSA) is 61.4 Å². The van der Waals surface area contributed by atoms with Crippen molar-refractivity contribution in [3.05, 3.63) is 35.4 Å². The van der Waals surface area contributed by atoms with E-state index in [1.54, 1.807) is 6.07 Å². The van der Waals surface area contributed by atoms with E-state index in [4.69, 9.17) is 0 Å².